The van der Waals surface area contributed by atoms with Gasteiger partial charge in [-0.25, -0.2) is 0 Å². The number of hydrogen-bond acceptors (Lipinski definition) is 3. The number of nitrogens with zero attached hydrogens (tertiary/aromatic N) is 1. The highest BCUT2D eigenvalue weighted by molar-refractivity contribution is 9.11. The minimum absolute atomic E-state index is 0.842. The van der Waals surface area contributed by atoms with Crippen LogP contribution in [0.5, 0.6) is 5.75 Å². The first-order valence-electron chi connectivity index (χ1n) is 7.53. The van der Waals surface area contributed by atoms with E-state index in [9.17, 15) is 0 Å². The van der Waals surface area contributed by atoms with Crippen molar-refractivity contribution < 1.29 is 4.74 Å². The Balaban J connectivity index is 1.68. The van der Waals surface area contributed by atoms with Crippen LogP contribution in [0, 0.1) is 0 Å². The van der Waals surface area contributed by atoms with Gasteiger partial charge in [-0.15, -0.1) is 11.3 Å². The second-order valence-corrected chi connectivity index (χ2v) is 7.53. The first kappa shape index (κ1) is 17.8. The molecule has 0 atom stereocenters. The monoisotopic (exact) mass is 395 g/mol. The van der Waals surface area contributed by atoms with Crippen LogP contribution in [0.15, 0.2) is 45.2 Å². The van der Waals surface area contributed by atoms with Crippen LogP contribution >= 0.6 is 27.3 Å². The van der Waals surface area contributed by atoms with Crippen molar-refractivity contribution in [1.29, 1.82) is 0 Å². The number of ether oxygens (including phenoxy) is 1. The third-order valence-electron chi connectivity index (χ3n) is 3.38. The zero-order valence-corrected chi connectivity index (χ0v) is 15.8. The van der Waals surface area contributed by atoms with Crippen molar-refractivity contribution in [2.75, 3.05) is 27.2 Å². The van der Waals surface area contributed by atoms with Gasteiger partial charge in [-0.2, -0.15) is 0 Å². The fourth-order valence-electron chi connectivity index (χ4n) is 2.13. The summed E-state index contributed by atoms with van der Waals surface area (Å²) in [4.78, 5) is 5.61. The molecule has 0 saturated heterocycles. The average molecular weight is 396 g/mol. The molecule has 2 rings (SSSR count). The fourth-order valence-corrected chi connectivity index (χ4v) is 3.61. The van der Waals surface area contributed by atoms with Gasteiger partial charge in [0.1, 0.15) is 5.75 Å². The van der Waals surface area contributed by atoms with Gasteiger partial charge in [0, 0.05) is 25.0 Å². The van der Waals surface area contributed by atoms with E-state index in [0.717, 1.165) is 37.6 Å². The summed E-state index contributed by atoms with van der Waals surface area (Å²) < 4.78 is 6.34. The Labute approximate surface area is 150 Å². The minimum atomic E-state index is 0.842. The Kier molecular flexibility index (Phi) is 7.42. The van der Waals surface area contributed by atoms with E-state index in [-0.39, 0.29) is 0 Å². The predicted molar refractivity (Wildman–Crippen MR) is 102 cm³/mol. The van der Waals surface area contributed by atoms with E-state index in [0.29, 0.717) is 0 Å². The number of halogens is 1. The maximum atomic E-state index is 5.16. The quantitative estimate of drug-likeness (QED) is 0.557. The molecular formula is C17H22BrN3OS. The largest absolute Gasteiger partial charge is 0.497 e. The Morgan fingerprint density at radius 1 is 1.09 bits per heavy atom. The molecule has 0 unspecified atom stereocenters. The predicted octanol–water partition coefficient (Wildman–Crippen LogP) is 3.47. The maximum absolute atomic E-state index is 5.16. The summed E-state index contributed by atoms with van der Waals surface area (Å²) in [5, 5.41) is 6.68. The van der Waals surface area contributed by atoms with E-state index in [1.165, 1.54) is 14.2 Å². The van der Waals surface area contributed by atoms with Crippen LogP contribution in [0.3, 0.4) is 0 Å². The van der Waals surface area contributed by atoms with Crippen LogP contribution < -0.4 is 15.4 Å². The molecule has 6 heteroatoms. The molecule has 0 amide bonds. The van der Waals surface area contributed by atoms with Crippen LogP contribution in [0.25, 0.3) is 0 Å². The molecule has 0 aliphatic carbocycles. The van der Waals surface area contributed by atoms with Crippen molar-refractivity contribution in [2.24, 2.45) is 4.99 Å². The van der Waals surface area contributed by atoms with Gasteiger partial charge in [-0.3, -0.25) is 4.99 Å². The first-order valence-corrected chi connectivity index (χ1v) is 9.14. The van der Waals surface area contributed by atoms with Crippen molar-refractivity contribution in [2.45, 2.75) is 12.8 Å². The number of aliphatic imine (C=N–C) groups is 1. The summed E-state index contributed by atoms with van der Waals surface area (Å²) in [7, 11) is 3.48. The topological polar surface area (TPSA) is 45.7 Å². The molecule has 124 valence electrons. The smallest absolute Gasteiger partial charge is 0.190 e. The molecule has 0 radical (unpaired) electrons. The van der Waals surface area contributed by atoms with Crippen LogP contribution in [-0.4, -0.2) is 33.2 Å². The number of guanidine groups is 1. The van der Waals surface area contributed by atoms with Gasteiger partial charge in [0.25, 0.3) is 0 Å². The number of rotatable bonds is 7. The second kappa shape index (κ2) is 9.57. The zero-order valence-electron chi connectivity index (χ0n) is 13.4. The van der Waals surface area contributed by atoms with E-state index >= 15 is 0 Å². The van der Waals surface area contributed by atoms with Gasteiger partial charge >= 0.3 is 0 Å². The molecule has 1 heterocycles. The molecule has 2 aromatic rings. The lowest BCUT2D eigenvalue weighted by Crippen LogP contribution is -2.39. The van der Waals surface area contributed by atoms with E-state index in [1.807, 2.05) is 12.1 Å². The van der Waals surface area contributed by atoms with E-state index < -0.39 is 0 Å². The van der Waals surface area contributed by atoms with Gasteiger partial charge in [-0.05, 0) is 58.6 Å². The van der Waals surface area contributed by atoms with Crippen molar-refractivity contribution in [1.82, 2.24) is 10.6 Å². The summed E-state index contributed by atoms with van der Waals surface area (Å²) in [5.41, 5.74) is 1.28. The molecule has 1 aromatic heterocycles. The van der Waals surface area contributed by atoms with Crippen molar-refractivity contribution in [3.63, 3.8) is 0 Å². The van der Waals surface area contributed by atoms with Crippen molar-refractivity contribution in [3.8, 4) is 5.75 Å². The number of nitrogens with one attached hydrogen (secondary N) is 2. The van der Waals surface area contributed by atoms with Gasteiger partial charge in [0.05, 0.1) is 10.9 Å². The summed E-state index contributed by atoms with van der Waals surface area (Å²) in [6, 6.07) is 12.4. The number of methoxy groups -OCH3 is 1. The molecule has 0 fully saturated rings. The Hall–Kier alpha value is -1.53. The van der Waals surface area contributed by atoms with E-state index in [2.05, 4.69) is 55.8 Å². The molecule has 0 spiro atoms. The number of hydrogen-bond donors (Lipinski definition) is 2. The number of thiophene rings is 1. The molecule has 0 saturated carbocycles. The molecule has 0 aliphatic rings. The SMILES string of the molecule is CN=C(NCCc1ccc(OC)cc1)NCCc1ccc(Br)s1. The Morgan fingerprint density at radius 3 is 2.35 bits per heavy atom. The first-order chi connectivity index (χ1) is 11.2. The molecule has 4 nitrogen and oxygen atoms in total. The van der Waals surface area contributed by atoms with Crippen LogP contribution in [0.4, 0.5) is 0 Å². The van der Waals surface area contributed by atoms with E-state index in [4.69, 9.17) is 4.74 Å². The molecule has 0 aliphatic heterocycles. The average Bonchev–Trinajstić information content (AvgIpc) is 2.99. The summed E-state index contributed by atoms with van der Waals surface area (Å²) >= 11 is 5.26. The van der Waals surface area contributed by atoms with Gasteiger partial charge in [0.2, 0.25) is 0 Å². The summed E-state index contributed by atoms with van der Waals surface area (Å²) in [6.07, 6.45) is 1.94. The van der Waals surface area contributed by atoms with Gasteiger partial charge < -0.3 is 15.4 Å². The molecule has 2 N–H and O–H groups in total. The van der Waals surface area contributed by atoms with Crippen LogP contribution in [0.1, 0.15) is 10.4 Å². The zero-order chi connectivity index (χ0) is 16.5. The fraction of sp³-hybridized carbons (Fsp3) is 0.353. The van der Waals surface area contributed by atoms with Gasteiger partial charge in [-0.1, -0.05) is 12.1 Å². The Morgan fingerprint density at radius 2 is 1.78 bits per heavy atom. The van der Waals surface area contributed by atoms with Crippen LogP contribution in [-0.2, 0) is 12.8 Å². The third kappa shape index (κ3) is 6.23. The molecule has 23 heavy (non-hydrogen) atoms. The number of benzene rings is 1. The standard InChI is InChI=1S/C17H22BrN3OS/c1-19-17(21-12-10-15-7-8-16(18)23-15)20-11-9-13-3-5-14(22-2)6-4-13/h3-8H,9-12H2,1-2H3,(H2,19,20,21). The highest BCUT2D eigenvalue weighted by Gasteiger charge is 2.01. The molecular weight excluding hydrogens is 374 g/mol. The lowest BCUT2D eigenvalue weighted by Gasteiger charge is -2.11. The maximum Gasteiger partial charge on any atom is 0.190 e. The van der Waals surface area contributed by atoms with E-state index in [1.54, 1.807) is 25.5 Å². The Bertz CT molecular complexity index is 625. The lowest BCUT2D eigenvalue weighted by atomic mass is 10.1. The normalized spacial score (nSPS) is 11.3. The second-order valence-electron chi connectivity index (χ2n) is 4.98. The third-order valence-corrected chi connectivity index (χ3v) is 5.06. The lowest BCUT2D eigenvalue weighted by molar-refractivity contribution is 0.414. The highest BCUT2D eigenvalue weighted by Crippen LogP contribution is 2.22. The van der Waals surface area contributed by atoms with Gasteiger partial charge in [0.15, 0.2) is 5.96 Å². The highest BCUT2D eigenvalue weighted by atomic mass is 79.9. The summed E-state index contributed by atoms with van der Waals surface area (Å²) in [6.45, 7) is 1.71. The molecule has 0 bridgehead atoms. The minimum Gasteiger partial charge on any atom is -0.497 e. The van der Waals surface area contributed by atoms with Crippen molar-refractivity contribution in [3.05, 3.63) is 50.6 Å². The van der Waals surface area contributed by atoms with Crippen molar-refractivity contribution >= 4 is 33.2 Å². The molecule has 1 aromatic carbocycles. The summed E-state index contributed by atoms with van der Waals surface area (Å²) in [5.74, 6) is 1.73. The van der Waals surface area contributed by atoms with Crippen LogP contribution in [0.2, 0.25) is 0 Å².